The normalized spacial score (nSPS) is 12.8. The summed E-state index contributed by atoms with van der Waals surface area (Å²) in [5.41, 5.74) is 3.12. The lowest BCUT2D eigenvalue weighted by Crippen LogP contribution is -2.00. The maximum Gasteiger partial charge on any atom is 0.106 e. The SMILES string of the molecule is Cc1ccccc1C(O)c1csc2ccccc12. The Hall–Kier alpha value is -1.64. The molecule has 0 aliphatic carbocycles. The minimum atomic E-state index is -0.539. The third-order valence-corrected chi connectivity index (χ3v) is 4.27. The molecule has 0 aliphatic rings. The number of aliphatic hydroxyl groups is 1. The average molecular weight is 254 g/mol. The van der Waals surface area contributed by atoms with Crippen molar-refractivity contribution in [1.29, 1.82) is 0 Å². The highest BCUT2D eigenvalue weighted by atomic mass is 32.1. The summed E-state index contributed by atoms with van der Waals surface area (Å²) in [4.78, 5) is 0. The van der Waals surface area contributed by atoms with Crippen LogP contribution in [0.1, 0.15) is 22.8 Å². The number of benzene rings is 2. The van der Waals surface area contributed by atoms with Gasteiger partial charge in [0.1, 0.15) is 6.10 Å². The second-order valence-electron chi connectivity index (χ2n) is 4.45. The lowest BCUT2D eigenvalue weighted by Gasteiger charge is -2.13. The molecule has 1 N–H and O–H groups in total. The van der Waals surface area contributed by atoms with Gasteiger partial charge in [-0.1, -0.05) is 42.5 Å². The van der Waals surface area contributed by atoms with E-state index in [1.165, 1.54) is 4.70 Å². The summed E-state index contributed by atoms with van der Waals surface area (Å²) in [5, 5.41) is 13.8. The fraction of sp³-hybridized carbons (Fsp3) is 0.125. The molecule has 0 bridgehead atoms. The molecule has 1 nitrogen and oxygen atoms in total. The zero-order valence-corrected chi connectivity index (χ0v) is 10.9. The van der Waals surface area contributed by atoms with Gasteiger partial charge in [0.15, 0.2) is 0 Å². The monoisotopic (exact) mass is 254 g/mol. The van der Waals surface area contributed by atoms with E-state index < -0.39 is 6.10 Å². The van der Waals surface area contributed by atoms with Gasteiger partial charge in [0, 0.05) is 10.3 Å². The van der Waals surface area contributed by atoms with Crippen LogP contribution < -0.4 is 0 Å². The molecule has 3 aromatic rings. The molecule has 1 aromatic heterocycles. The van der Waals surface area contributed by atoms with Gasteiger partial charge in [-0.25, -0.2) is 0 Å². The fourth-order valence-corrected chi connectivity index (χ4v) is 3.25. The van der Waals surface area contributed by atoms with E-state index in [-0.39, 0.29) is 0 Å². The van der Waals surface area contributed by atoms with Crippen LogP contribution in [0.15, 0.2) is 53.9 Å². The van der Waals surface area contributed by atoms with E-state index in [4.69, 9.17) is 0 Å². The molecule has 1 atom stereocenters. The Morgan fingerprint density at radius 1 is 0.944 bits per heavy atom. The molecule has 2 aromatic carbocycles. The molecular formula is C16H14OS. The second-order valence-corrected chi connectivity index (χ2v) is 5.36. The predicted molar refractivity (Wildman–Crippen MR) is 77.1 cm³/mol. The van der Waals surface area contributed by atoms with Gasteiger partial charge in [0.25, 0.3) is 0 Å². The van der Waals surface area contributed by atoms with Crippen molar-refractivity contribution in [3.63, 3.8) is 0 Å². The molecule has 18 heavy (non-hydrogen) atoms. The van der Waals surface area contributed by atoms with Crippen molar-refractivity contribution in [2.24, 2.45) is 0 Å². The van der Waals surface area contributed by atoms with Crippen LogP contribution in [0.5, 0.6) is 0 Å². The van der Waals surface area contributed by atoms with Gasteiger partial charge in [-0.15, -0.1) is 11.3 Å². The first-order valence-electron chi connectivity index (χ1n) is 5.97. The van der Waals surface area contributed by atoms with Crippen molar-refractivity contribution < 1.29 is 5.11 Å². The third kappa shape index (κ3) is 1.84. The van der Waals surface area contributed by atoms with Gasteiger partial charge >= 0.3 is 0 Å². The molecule has 0 spiro atoms. The first kappa shape index (κ1) is 11.5. The summed E-state index contributed by atoms with van der Waals surface area (Å²) < 4.78 is 1.22. The van der Waals surface area contributed by atoms with E-state index in [2.05, 4.69) is 17.5 Å². The first-order valence-corrected chi connectivity index (χ1v) is 6.85. The standard InChI is InChI=1S/C16H14OS/c1-11-6-2-3-7-12(11)16(17)14-10-18-15-9-5-4-8-13(14)15/h2-10,16-17H,1H3. The van der Waals surface area contributed by atoms with Crippen LogP contribution in [0.25, 0.3) is 10.1 Å². The second kappa shape index (κ2) is 4.56. The van der Waals surface area contributed by atoms with Crippen LogP contribution >= 0.6 is 11.3 Å². The number of aliphatic hydroxyl groups excluding tert-OH is 1. The minimum absolute atomic E-state index is 0.539. The molecule has 90 valence electrons. The molecule has 1 heterocycles. The zero-order chi connectivity index (χ0) is 12.5. The van der Waals surface area contributed by atoms with Gasteiger partial charge in [0.05, 0.1) is 0 Å². The molecule has 3 rings (SSSR count). The van der Waals surface area contributed by atoms with E-state index in [0.29, 0.717) is 0 Å². The van der Waals surface area contributed by atoms with Crippen molar-refractivity contribution in [2.45, 2.75) is 13.0 Å². The highest BCUT2D eigenvalue weighted by Crippen LogP contribution is 2.34. The number of rotatable bonds is 2. The number of aryl methyl sites for hydroxylation is 1. The molecule has 0 saturated heterocycles. The predicted octanol–water partition coefficient (Wildman–Crippen LogP) is 4.29. The minimum Gasteiger partial charge on any atom is -0.384 e. The zero-order valence-electron chi connectivity index (χ0n) is 10.1. The van der Waals surface area contributed by atoms with Gasteiger partial charge in [0.2, 0.25) is 0 Å². The molecule has 0 aliphatic heterocycles. The van der Waals surface area contributed by atoms with Crippen LogP contribution in [-0.2, 0) is 0 Å². The van der Waals surface area contributed by atoms with Crippen molar-refractivity contribution in [1.82, 2.24) is 0 Å². The van der Waals surface area contributed by atoms with Crippen LogP contribution in [0.3, 0.4) is 0 Å². The largest absolute Gasteiger partial charge is 0.384 e. The van der Waals surface area contributed by atoms with E-state index in [1.54, 1.807) is 11.3 Å². The van der Waals surface area contributed by atoms with Gasteiger partial charge < -0.3 is 5.11 Å². The maximum absolute atomic E-state index is 10.6. The quantitative estimate of drug-likeness (QED) is 0.723. The third-order valence-electron chi connectivity index (χ3n) is 3.29. The van der Waals surface area contributed by atoms with Crippen molar-refractivity contribution in [3.8, 4) is 0 Å². The Kier molecular flexibility index (Phi) is 2.90. The Morgan fingerprint density at radius 2 is 1.67 bits per heavy atom. The summed E-state index contributed by atoms with van der Waals surface area (Å²) >= 11 is 1.68. The van der Waals surface area contributed by atoms with Crippen molar-refractivity contribution >= 4 is 21.4 Å². The van der Waals surface area contributed by atoms with Crippen LogP contribution in [0.4, 0.5) is 0 Å². The lowest BCUT2D eigenvalue weighted by atomic mass is 9.97. The van der Waals surface area contributed by atoms with E-state index in [1.807, 2.05) is 43.3 Å². The molecule has 0 saturated carbocycles. The summed E-state index contributed by atoms with van der Waals surface area (Å²) in [7, 11) is 0. The molecular weight excluding hydrogens is 240 g/mol. The van der Waals surface area contributed by atoms with Gasteiger partial charge in [-0.2, -0.15) is 0 Å². The van der Waals surface area contributed by atoms with E-state index in [9.17, 15) is 5.11 Å². The number of thiophene rings is 1. The summed E-state index contributed by atoms with van der Waals surface area (Å²) in [6, 6.07) is 16.2. The lowest BCUT2D eigenvalue weighted by molar-refractivity contribution is 0.221. The van der Waals surface area contributed by atoms with Crippen LogP contribution in [0.2, 0.25) is 0 Å². The molecule has 1 unspecified atom stereocenters. The first-order chi connectivity index (χ1) is 8.77. The number of hydrogen-bond donors (Lipinski definition) is 1. The number of hydrogen-bond acceptors (Lipinski definition) is 2. The van der Waals surface area contributed by atoms with Gasteiger partial charge in [-0.3, -0.25) is 0 Å². The molecule has 0 radical (unpaired) electrons. The molecule has 0 amide bonds. The van der Waals surface area contributed by atoms with Gasteiger partial charge in [-0.05, 0) is 34.9 Å². The highest BCUT2D eigenvalue weighted by molar-refractivity contribution is 7.17. The highest BCUT2D eigenvalue weighted by Gasteiger charge is 2.16. The summed E-state index contributed by atoms with van der Waals surface area (Å²) in [6.07, 6.45) is -0.539. The van der Waals surface area contributed by atoms with Crippen LogP contribution in [0, 0.1) is 6.92 Å². The summed E-state index contributed by atoms with van der Waals surface area (Å²) in [6.45, 7) is 2.03. The van der Waals surface area contributed by atoms with Crippen molar-refractivity contribution in [2.75, 3.05) is 0 Å². The summed E-state index contributed by atoms with van der Waals surface area (Å²) in [5.74, 6) is 0. The fourth-order valence-electron chi connectivity index (χ4n) is 2.27. The van der Waals surface area contributed by atoms with Crippen LogP contribution in [-0.4, -0.2) is 5.11 Å². The van der Waals surface area contributed by atoms with Crippen molar-refractivity contribution in [3.05, 3.63) is 70.6 Å². The molecule has 2 heteroatoms. The Bertz CT molecular complexity index is 684. The topological polar surface area (TPSA) is 20.2 Å². The number of fused-ring (bicyclic) bond motifs is 1. The maximum atomic E-state index is 10.6. The Labute approximate surface area is 110 Å². The Balaban J connectivity index is 2.13. The van der Waals surface area contributed by atoms with E-state index in [0.717, 1.165) is 22.1 Å². The molecule has 0 fully saturated rings. The average Bonchev–Trinajstić information content (AvgIpc) is 2.82. The van der Waals surface area contributed by atoms with E-state index >= 15 is 0 Å². The Morgan fingerprint density at radius 3 is 2.50 bits per heavy atom. The smallest absolute Gasteiger partial charge is 0.106 e.